The largest absolute Gasteiger partial charge is 0.385 e. The van der Waals surface area contributed by atoms with Crippen LogP contribution >= 0.6 is 11.6 Å². The van der Waals surface area contributed by atoms with Crippen molar-refractivity contribution >= 4 is 17.6 Å². The van der Waals surface area contributed by atoms with Crippen LogP contribution in [0.5, 0.6) is 0 Å². The summed E-state index contributed by atoms with van der Waals surface area (Å²) in [5.41, 5.74) is -1.21. The predicted octanol–water partition coefficient (Wildman–Crippen LogP) is 5.09. The average molecular weight is 556 g/mol. The summed E-state index contributed by atoms with van der Waals surface area (Å²) >= 11 is 6.11. The molecule has 3 atom stereocenters. The molecule has 3 N–H and O–H groups in total. The van der Waals surface area contributed by atoms with Crippen LogP contribution in [-0.2, 0) is 15.1 Å². The van der Waals surface area contributed by atoms with E-state index in [2.05, 4.69) is 10.6 Å². The van der Waals surface area contributed by atoms with E-state index >= 15 is 4.39 Å². The molecule has 0 bridgehead atoms. The van der Waals surface area contributed by atoms with Gasteiger partial charge < -0.3 is 30.1 Å². The highest BCUT2D eigenvalue weighted by atomic mass is 35.5. The first-order chi connectivity index (χ1) is 18.3. The molecule has 38 heavy (non-hydrogen) atoms. The molecule has 7 nitrogen and oxygen atoms in total. The number of carbonyl (C=O) groups excluding carboxylic acids is 1. The van der Waals surface area contributed by atoms with Crippen LogP contribution in [-0.4, -0.2) is 75.7 Å². The van der Waals surface area contributed by atoms with Crippen molar-refractivity contribution < 1.29 is 23.8 Å². The molecular formula is C29H47ClFN3O4. The molecule has 0 spiro atoms. The van der Waals surface area contributed by atoms with Crippen molar-refractivity contribution in [1.82, 2.24) is 15.5 Å². The van der Waals surface area contributed by atoms with Gasteiger partial charge in [0.15, 0.2) is 0 Å². The van der Waals surface area contributed by atoms with Crippen molar-refractivity contribution in [3.05, 3.63) is 34.6 Å². The summed E-state index contributed by atoms with van der Waals surface area (Å²) in [5.74, 6) is -0.316. The molecular weight excluding hydrogens is 509 g/mol. The minimum Gasteiger partial charge on any atom is -0.385 e. The second kappa shape index (κ2) is 15.4. The molecule has 1 saturated carbocycles. The number of carbonyl (C=O) groups is 1. The Kier molecular flexibility index (Phi) is 12.6. The number of aliphatic hydroxyl groups is 1. The molecule has 0 unspecified atom stereocenters. The van der Waals surface area contributed by atoms with Gasteiger partial charge in [-0.2, -0.15) is 0 Å². The molecule has 1 saturated heterocycles. The molecule has 1 aromatic rings. The summed E-state index contributed by atoms with van der Waals surface area (Å²) in [6.07, 6.45) is 8.91. The fourth-order valence-electron chi connectivity index (χ4n) is 6.30. The van der Waals surface area contributed by atoms with Gasteiger partial charge in [-0.05, 0) is 83.2 Å². The van der Waals surface area contributed by atoms with Gasteiger partial charge in [-0.15, -0.1) is 0 Å². The highest BCUT2D eigenvalue weighted by Crippen LogP contribution is 2.42. The van der Waals surface area contributed by atoms with E-state index in [0.29, 0.717) is 57.5 Å². The van der Waals surface area contributed by atoms with E-state index in [1.54, 1.807) is 31.3 Å². The molecule has 2 fully saturated rings. The standard InChI is InChI=1S/C29H47ClFN3O4/c1-32-19-23(18-21-11-13-24(38-3)14-12-21)33-28(35)34-16-7-8-22(20-34)29(36,15-4-5-17-37-2)25-9-6-10-26(30)27(25)31/h6,9-10,21-24,32,36H,4-5,7-8,11-20H2,1-3H3,(H,33,35)/t21?,22-,23+,24?,29+/m1/s1. The molecule has 9 heteroatoms. The fourth-order valence-corrected chi connectivity index (χ4v) is 6.47. The number of unbranched alkanes of at least 4 members (excludes halogenated alkanes) is 1. The summed E-state index contributed by atoms with van der Waals surface area (Å²) in [7, 11) is 5.33. The minimum atomic E-state index is -1.42. The molecule has 2 amide bonds. The summed E-state index contributed by atoms with van der Waals surface area (Å²) in [6.45, 7) is 2.26. The van der Waals surface area contributed by atoms with Crippen LogP contribution < -0.4 is 10.6 Å². The predicted molar refractivity (Wildman–Crippen MR) is 149 cm³/mol. The number of likely N-dealkylation sites (tertiary alicyclic amines) is 1. The monoisotopic (exact) mass is 555 g/mol. The lowest BCUT2D eigenvalue weighted by molar-refractivity contribution is -0.0587. The number of benzene rings is 1. The van der Waals surface area contributed by atoms with Gasteiger partial charge in [0.05, 0.1) is 16.7 Å². The molecule has 1 aromatic carbocycles. The van der Waals surface area contributed by atoms with E-state index in [4.69, 9.17) is 21.1 Å². The number of likely N-dealkylation sites (N-methyl/N-ethyl adjacent to an activating group) is 1. The van der Waals surface area contributed by atoms with E-state index in [9.17, 15) is 9.90 Å². The zero-order valence-electron chi connectivity index (χ0n) is 23.3. The number of halogens is 2. The Balaban J connectivity index is 1.69. The maximum atomic E-state index is 15.2. The maximum absolute atomic E-state index is 15.2. The van der Waals surface area contributed by atoms with Gasteiger partial charge in [0.1, 0.15) is 5.82 Å². The Bertz CT molecular complexity index is 870. The molecule has 2 aliphatic rings. The lowest BCUT2D eigenvalue weighted by Gasteiger charge is -2.43. The number of nitrogens with zero attached hydrogens (tertiary/aromatic N) is 1. The van der Waals surface area contributed by atoms with Gasteiger partial charge in [0.2, 0.25) is 0 Å². The third-order valence-electron chi connectivity index (χ3n) is 8.48. The second-order valence-corrected chi connectivity index (χ2v) is 11.5. The lowest BCUT2D eigenvalue weighted by atomic mass is 9.74. The first-order valence-corrected chi connectivity index (χ1v) is 14.6. The van der Waals surface area contributed by atoms with Crippen molar-refractivity contribution in [3.63, 3.8) is 0 Å². The first-order valence-electron chi connectivity index (χ1n) is 14.2. The normalized spacial score (nSPS) is 24.6. The van der Waals surface area contributed by atoms with Crippen molar-refractivity contribution in [1.29, 1.82) is 0 Å². The van der Waals surface area contributed by atoms with Crippen LogP contribution in [0.3, 0.4) is 0 Å². The van der Waals surface area contributed by atoms with E-state index in [0.717, 1.165) is 44.9 Å². The Morgan fingerprint density at radius 1 is 1.24 bits per heavy atom. The molecule has 3 rings (SSSR count). The summed E-state index contributed by atoms with van der Waals surface area (Å²) in [6, 6.07) is 4.70. The van der Waals surface area contributed by atoms with Gasteiger partial charge >= 0.3 is 6.03 Å². The van der Waals surface area contributed by atoms with E-state index in [1.165, 1.54) is 6.07 Å². The number of hydrogen-bond acceptors (Lipinski definition) is 5. The molecule has 0 radical (unpaired) electrons. The van der Waals surface area contributed by atoms with E-state index in [-0.39, 0.29) is 28.6 Å². The van der Waals surface area contributed by atoms with Crippen molar-refractivity contribution in [2.24, 2.45) is 11.8 Å². The highest BCUT2D eigenvalue weighted by Gasteiger charge is 2.43. The van der Waals surface area contributed by atoms with Crippen molar-refractivity contribution in [2.75, 3.05) is 47.5 Å². The van der Waals surface area contributed by atoms with Gasteiger partial charge in [-0.1, -0.05) is 23.7 Å². The van der Waals surface area contributed by atoms with Gasteiger partial charge in [-0.25, -0.2) is 9.18 Å². The molecule has 1 aliphatic carbocycles. The van der Waals surface area contributed by atoms with Crippen LogP contribution in [0.1, 0.15) is 69.8 Å². The van der Waals surface area contributed by atoms with Crippen molar-refractivity contribution in [2.45, 2.75) is 82.0 Å². The maximum Gasteiger partial charge on any atom is 0.317 e. The number of rotatable bonds is 13. The quantitative estimate of drug-likeness (QED) is 0.295. The van der Waals surface area contributed by atoms with Gasteiger partial charge in [0, 0.05) is 58.0 Å². The number of nitrogens with one attached hydrogen (secondary N) is 2. The fraction of sp³-hybridized carbons (Fsp3) is 0.759. The third kappa shape index (κ3) is 8.28. The van der Waals surface area contributed by atoms with E-state index in [1.807, 2.05) is 7.05 Å². The molecule has 1 heterocycles. The molecule has 216 valence electrons. The number of piperidine rings is 1. The van der Waals surface area contributed by atoms with Crippen LogP contribution in [0.25, 0.3) is 0 Å². The Labute approximate surface area is 232 Å². The van der Waals surface area contributed by atoms with Crippen LogP contribution in [0.4, 0.5) is 9.18 Å². The summed E-state index contributed by atoms with van der Waals surface area (Å²) in [5, 5.41) is 18.5. The molecule has 1 aliphatic heterocycles. The Hall–Kier alpha value is -1.45. The van der Waals surface area contributed by atoms with Gasteiger partial charge in [0.25, 0.3) is 0 Å². The van der Waals surface area contributed by atoms with Gasteiger partial charge in [-0.3, -0.25) is 0 Å². The Morgan fingerprint density at radius 2 is 2.00 bits per heavy atom. The number of amides is 2. The topological polar surface area (TPSA) is 83.1 Å². The zero-order valence-corrected chi connectivity index (χ0v) is 24.1. The number of urea groups is 1. The summed E-state index contributed by atoms with van der Waals surface area (Å²) < 4.78 is 25.9. The smallest absolute Gasteiger partial charge is 0.317 e. The van der Waals surface area contributed by atoms with E-state index < -0.39 is 11.4 Å². The number of ether oxygens (including phenoxy) is 2. The van der Waals surface area contributed by atoms with Crippen molar-refractivity contribution in [3.8, 4) is 0 Å². The van der Waals surface area contributed by atoms with Crippen LogP contribution in [0.15, 0.2) is 18.2 Å². The van der Waals surface area contributed by atoms with Crippen LogP contribution in [0.2, 0.25) is 5.02 Å². The SMILES string of the molecule is CNC[C@H](CC1CCC(OC)CC1)NC(=O)N1CCC[C@@H]([C@@](O)(CCCCOC)c2cccc(Cl)c2F)C1. The Morgan fingerprint density at radius 3 is 2.68 bits per heavy atom. The number of methoxy groups -OCH3 is 2. The highest BCUT2D eigenvalue weighted by molar-refractivity contribution is 6.30. The minimum absolute atomic E-state index is 0.00216. The average Bonchev–Trinajstić information content (AvgIpc) is 2.93. The summed E-state index contributed by atoms with van der Waals surface area (Å²) in [4.78, 5) is 15.2. The molecule has 0 aromatic heterocycles. The third-order valence-corrected chi connectivity index (χ3v) is 8.77. The van der Waals surface area contributed by atoms with Crippen LogP contribution in [0, 0.1) is 17.7 Å². The lowest BCUT2D eigenvalue weighted by Crippen LogP contribution is -2.54. The second-order valence-electron chi connectivity index (χ2n) is 11.1. The number of hydrogen-bond donors (Lipinski definition) is 3. The zero-order chi connectivity index (χ0) is 27.5. The first kappa shape index (κ1) is 31.1.